The maximum absolute atomic E-state index is 12.3. The van der Waals surface area contributed by atoms with Crippen LogP contribution in [0.15, 0.2) is 60.7 Å². The molecule has 0 radical (unpaired) electrons. The molecule has 128 valence electrons. The Balaban J connectivity index is 2.03. The van der Waals surface area contributed by atoms with E-state index in [2.05, 4.69) is 67.3 Å². The Kier molecular flexibility index (Phi) is 7.70. The van der Waals surface area contributed by atoms with E-state index in [-0.39, 0.29) is 5.92 Å². The molecule has 0 aromatic heterocycles. The van der Waals surface area contributed by atoms with E-state index in [0.717, 1.165) is 32.5 Å². The Morgan fingerprint density at radius 1 is 0.917 bits per heavy atom. The molecule has 0 bridgehead atoms. The molecule has 0 fully saturated rings. The van der Waals surface area contributed by atoms with E-state index in [0.29, 0.717) is 12.2 Å². The standard InChI is InChI=1S/C22H29NO/c1-3-4-15-22(24)19(2)16-23(17-20-11-7-5-8-12-20)18-21-13-9-6-10-14-21/h5-14,19H,3-4,15-18H2,1-2H3. The summed E-state index contributed by atoms with van der Waals surface area (Å²) in [5.41, 5.74) is 2.59. The second kappa shape index (κ2) is 10.0. The highest BCUT2D eigenvalue weighted by Crippen LogP contribution is 2.14. The number of rotatable bonds is 10. The van der Waals surface area contributed by atoms with Gasteiger partial charge in [0.2, 0.25) is 0 Å². The van der Waals surface area contributed by atoms with E-state index >= 15 is 0 Å². The molecule has 2 aromatic carbocycles. The summed E-state index contributed by atoms with van der Waals surface area (Å²) in [6, 6.07) is 21.0. The molecule has 2 rings (SSSR count). The van der Waals surface area contributed by atoms with Crippen molar-refractivity contribution in [3.05, 3.63) is 71.8 Å². The molecule has 24 heavy (non-hydrogen) atoms. The number of hydrogen-bond acceptors (Lipinski definition) is 2. The summed E-state index contributed by atoms with van der Waals surface area (Å²) in [5.74, 6) is 0.479. The van der Waals surface area contributed by atoms with Gasteiger partial charge in [-0.3, -0.25) is 9.69 Å². The lowest BCUT2D eigenvalue weighted by atomic mass is 10.0. The molecule has 0 saturated carbocycles. The van der Waals surface area contributed by atoms with Gasteiger partial charge in [0, 0.05) is 32.0 Å². The first-order chi connectivity index (χ1) is 11.7. The summed E-state index contributed by atoms with van der Waals surface area (Å²) in [6.07, 6.45) is 2.79. The van der Waals surface area contributed by atoms with Crippen molar-refractivity contribution in [1.82, 2.24) is 4.90 Å². The summed E-state index contributed by atoms with van der Waals surface area (Å²) in [7, 11) is 0. The number of unbranched alkanes of at least 4 members (excludes halogenated alkanes) is 1. The van der Waals surface area contributed by atoms with Crippen molar-refractivity contribution < 1.29 is 4.79 Å². The predicted molar refractivity (Wildman–Crippen MR) is 101 cm³/mol. The zero-order valence-electron chi connectivity index (χ0n) is 14.9. The Hall–Kier alpha value is -1.93. The van der Waals surface area contributed by atoms with Crippen molar-refractivity contribution in [2.75, 3.05) is 6.54 Å². The van der Waals surface area contributed by atoms with Gasteiger partial charge in [-0.2, -0.15) is 0 Å². The highest BCUT2D eigenvalue weighted by Gasteiger charge is 2.17. The topological polar surface area (TPSA) is 20.3 Å². The SMILES string of the molecule is CCCCC(=O)C(C)CN(Cc1ccccc1)Cc1ccccc1. The van der Waals surface area contributed by atoms with E-state index in [1.807, 2.05) is 12.1 Å². The van der Waals surface area contributed by atoms with Crippen LogP contribution < -0.4 is 0 Å². The van der Waals surface area contributed by atoms with Crippen LogP contribution in [0.4, 0.5) is 0 Å². The molecule has 0 aliphatic carbocycles. The molecular weight excluding hydrogens is 294 g/mol. The van der Waals surface area contributed by atoms with Crippen molar-refractivity contribution in [1.29, 1.82) is 0 Å². The van der Waals surface area contributed by atoms with E-state index in [4.69, 9.17) is 0 Å². The zero-order chi connectivity index (χ0) is 17.2. The zero-order valence-corrected chi connectivity index (χ0v) is 14.9. The Morgan fingerprint density at radius 2 is 1.42 bits per heavy atom. The van der Waals surface area contributed by atoms with Crippen molar-refractivity contribution in [3.8, 4) is 0 Å². The molecule has 2 aromatic rings. The van der Waals surface area contributed by atoms with Gasteiger partial charge in [-0.15, -0.1) is 0 Å². The highest BCUT2D eigenvalue weighted by atomic mass is 16.1. The maximum atomic E-state index is 12.3. The maximum Gasteiger partial charge on any atom is 0.136 e. The lowest BCUT2D eigenvalue weighted by molar-refractivity contribution is -0.123. The van der Waals surface area contributed by atoms with Gasteiger partial charge >= 0.3 is 0 Å². The summed E-state index contributed by atoms with van der Waals surface area (Å²) < 4.78 is 0. The normalized spacial score (nSPS) is 12.3. The van der Waals surface area contributed by atoms with Gasteiger partial charge in [-0.25, -0.2) is 0 Å². The fraction of sp³-hybridized carbons (Fsp3) is 0.409. The van der Waals surface area contributed by atoms with Crippen LogP contribution in [0.2, 0.25) is 0 Å². The van der Waals surface area contributed by atoms with E-state index in [9.17, 15) is 4.79 Å². The minimum absolute atomic E-state index is 0.0870. The third-order valence-electron chi connectivity index (χ3n) is 4.36. The smallest absolute Gasteiger partial charge is 0.136 e. The van der Waals surface area contributed by atoms with Gasteiger partial charge in [0.25, 0.3) is 0 Å². The molecule has 2 nitrogen and oxygen atoms in total. The monoisotopic (exact) mass is 323 g/mol. The lowest BCUT2D eigenvalue weighted by Crippen LogP contribution is -2.31. The third-order valence-corrected chi connectivity index (χ3v) is 4.36. The molecule has 2 heteroatoms. The number of carbonyl (C=O) groups is 1. The first-order valence-electron chi connectivity index (χ1n) is 9.02. The Morgan fingerprint density at radius 3 is 1.88 bits per heavy atom. The molecule has 0 aliphatic heterocycles. The van der Waals surface area contributed by atoms with Crippen LogP contribution in [0, 0.1) is 5.92 Å². The molecule has 0 N–H and O–H groups in total. The minimum Gasteiger partial charge on any atom is -0.299 e. The van der Waals surface area contributed by atoms with Gasteiger partial charge in [-0.05, 0) is 17.5 Å². The number of ketones is 1. The average Bonchev–Trinajstić information content (AvgIpc) is 2.61. The second-order valence-electron chi connectivity index (χ2n) is 6.61. The molecule has 0 heterocycles. The van der Waals surface area contributed by atoms with Gasteiger partial charge in [0.1, 0.15) is 5.78 Å². The number of benzene rings is 2. The van der Waals surface area contributed by atoms with Crippen molar-refractivity contribution >= 4 is 5.78 Å². The van der Waals surface area contributed by atoms with Crippen molar-refractivity contribution in [2.45, 2.75) is 46.2 Å². The third kappa shape index (κ3) is 6.29. The minimum atomic E-state index is 0.0870. The van der Waals surface area contributed by atoms with Crippen LogP contribution in [0.1, 0.15) is 44.2 Å². The van der Waals surface area contributed by atoms with E-state index in [1.165, 1.54) is 11.1 Å². The van der Waals surface area contributed by atoms with Gasteiger partial charge in [0.05, 0.1) is 0 Å². The van der Waals surface area contributed by atoms with Crippen LogP contribution in [0.25, 0.3) is 0 Å². The largest absolute Gasteiger partial charge is 0.299 e. The van der Waals surface area contributed by atoms with Crippen LogP contribution >= 0.6 is 0 Å². The van der Waals surface area contributed by atoms with Crippen LogP contribution in [0.3, 0.4) is 0 Å². The molecule has 0 spiro atoms. The number of carbonyl (C=O) groups excluding carboxylic acids is 1. The molecule has 1 atom stereocenters. The number of Topliss-reactive ketones (excluding diaryl/α,β-unsaturated/α-hetero) is 1. The molecule has 0 amide bonds. The first kappa shape index (κ1) is 18.4. The van der Waals surface area contributed by atoms with Crippen molar-refractivity contribution in [3.63, 3.8) is 0 Å². The van der Waals surface area contributed by atoms with Crippen LogP contribution in [0.5, 0.6) is 0 Å². The quantitative estimate of drug-likeness (QED) is 0.607. The van der Waals surface area contributed by atoms with Gasteiger partial charge in [-0.1, -0.05) is 80.9 Å². The van der Waals surface area contributed by atoms with Gasteiger partial charge in [0.15, 0.2) is 0 Å². The fourth-order valence-electron chi connectivity index (χ4n) is 2.95. The summed E-state index contributed by atoms with van der Waals surface area (Å²) in [4.78, 5) is 14.7. The van der Waals surface area contributed by atoms with Crippen LogP contribution in [-0.4, -0.2) is 17.2 Å². The van der Waals surface area contributed by atoms with E-state index in [1.54, 1.807) is 0 Å². The van der Waals surface area contributed by atoms with E-state index < -0.39 is 0 Å². The predicted octanol–water partition coefficient (Wildman–Crippen LogP) is 5.08. The molecule has 0 aliphatic rings. The molecule has 0 saturated heterocycles. The Bertz CT molecular complexity index is 552. The molecule has 1 unspecified atom stereocenters. The average molecular weight is 323 g/mol. The van der Waals surface area contributed by atoms with Crippen molar-refractivity contribution in [2.24, 2.45) is 5.92 Å². The summed E-state index contributed by atoms with van der Waals surface area (Å²) >= 11 is 0. The lowest BCUT2D eigenvalue weighted by Gasteiger charge is -2.25. The summed E-state index contributed by atoms with van der Waals surface area (Å²) in [5, 5.41) is 0. The first-order valence-corrected chi connectivity index (χ1v) is 9.02. The number of nitrogens with zero attached hydrogens (tertiary/aromatic N) is 1. The fourth-order valence-corrected chi connectivity index (χ4v) is 2.95. The second-order valence-corrected chi connectivity index (χ2v) is 6.61. The van der Waals surface area contributed by atoms with Crippen LogP contribution in [-0.2, 0) is 17.9 Å². The van der Waals surface area contributed by atoms with Gasteiger partial charge < -0.3 is 0 Å². The summed E-state index contributed by atoms with van der Waals surface area (Å²) in [6.45, 7) is 6.77. The number of hydrogen-bond donors (Lipinski definition) is 0. The molecular formula is C22H29NO. The highest BCUT2D eigenvalue weighted by molar-refractivity contribution is 5.80. The Labute approximate surface area is 146 Å².